The summed E-state index contributed by atoms with van der Waals surface area (Å²) in [7, 11) is 0. The fraction of sp³-hybridized carbons (Fsp3) is 0.231. The molecule has 0 saturated carbocycles. The monoisotopic (exact) mass is 293 g/mol. The van der Waals surface area contributed by atoms with Crippen molar-refractivity contribution < 1.29 is 9.53 Å². The highest BCUT2D eigenvalue weighted by Gasteiger charge is 2.09. The van der Waals surface area contributed by atoms with Gasteiger partial charge in [0.1, 0.15) is 0 Å². The number of carbonyl (C=O) groups excluding carboxylic acids is 1. The number of benzene rings is 1. The average molecular weight is 294 g/mol. The maximum absolute atomic E-state index is 11.4. The largest absolute Gasteiger partial charge is 0.466 e. The van der Waals surface area contributed by atoms with Crippen LogP contribution in [-0.4, -0.2) is 12.6 Å². The summed E-state index contributed by atoms with van der Waals surface area (Å²) in [6.07, 6.45) is 1.48. The fourth-order valence-electron chi connectivity index (χ4n) is 1.37. The average Bonchev–Trinajstić information content (AvgIpc) is 2.29. The number of hydrogen-bond donors (Lipinski definition) is 0. The summed E-state index contributed by atoms with van der Waals surface area (Å²) in [5, 5.41) is 8.72. The summed E-state index contributed by atoms with van der Waals surface area (Å²) in [6.45, 7) is 2.10. The molecule has 0 N–H and O–H groups in total. The van der Waals surface area contributed by atoms with Gasteiger partial charge in [-0.3, -0.25) is 4.79 Å². The van der Waals surface area contributed by atoms with Crippen molar-refractivity contribution in [3.8, 4) is 6.07 Å². The van der Waals surface area contributed by atoms with E-state index in [1.807, 2.05) is 30.3 Å². The summed E-state index contributed by atoms with van der Waals surface area (Å²) in [4.78, 5) is 11.4. The molecule has 4 heteroatoms. The van der Waals surface area contributed by atoms with Crippen molar-refractivity contribution in [2.75, 3.05) is 6.61 Å². The Morgan fingerprint density at radius 2 is 2.35 bits per heavy atom. The molecule has 0 amide bonds. The zero-order valence-corrected chi connectivity index (χ0v) is 11.0. The van der Waals surface area contributed by atoms with E-state index in [0.717, 1.165) is 10.0 Å². The first-order valence-electron chi connectivity index (χ1n) is 5.17. The van der Waals surface area contributed by atoms with Gasteiger partial charge >= 0.3 is 5.97 Å². The molecular weight excluding hydrogens is 282 g/mol. The number of hydrogen-bond acceptors (Lipinski definition) is 3. The number of esters is 1. The van der Waals surface area contributed by atoms with Gasteiger partial charge in [-0.05, 0) is 30.2 Å². The quantitative estimate of drug-likeness (QED) is 0.632. The van der Waals surface area contributed by atoms with E-state index in [9.17, 15) is 4.79 Å². The standard InChI is InChI=1S/C13H12BrNO2/c1-2-17-13(16)9-11(6-7-15)10-4-3-5-12(14)8-10/h3-6,8H,2,9H2,1H3/b11-6+. The smallest absolute Gasteiger partial charge is 0.310 e. The van der Waals surface area contributed by atoms with Crippen LogP contribution >= 0.6 is 15.9 Å². The van der Waals surface area contributed by atoms with Crippen molar-refractivity contribution in [2.24, 2.45) is 0 Å². The molecule has 0 atom stereocenters. The van der Waals surface area contributed by atoms with Crippen LogP contribution in [0.5, 0.6) is 0 Å². The Kier molecular flexibility index (Phi) is 5.44. The first-order valence-corrected chi connectivity index (χ1v) is 5.97. The highest BCUT2D eigenvalue weighted by atomic mass is 79.9. The molecule has 0 fully saturated rings. The van der Waals surface area contributed by atoms with Gasteiger partial charge in [0.2, 0.25) is 0 Å². The van der Waals surface area contributed by atoms with Crippen LogP contribution in [0.25, 0.3) is 5.57 Å². The van der Waals surface area contributed by atoms with Crippen LogP contribution in [0.4, 0.5) is 0 Å². The molecule has 0 aliphatic rings. The minimum Gasteiger partial charge on any atom is -0.466 e. The Balaban J connectivity index is 2.92. The lowest BCUT2D eigenvalue weighted by atomic mass is 10.0. The number of halogens is 1. The SMILES string of the molecule is CCOC(=O)C/C(=C\C#N)c1cccc(Br)c1. The first kappa shape index (κ1) is 13.5. The maximum Gasteiger partial charge on any atom is 0.310 e. The lowest BCUT2D eigenvalue weighted by Gasteiger charge is -2.06. The fourth-order valence-corrected chi connectivity index (χ4v) is 1.77. The molecule has 0 aliphatic carbocycles. The van der Waals surface area contributed by atoms with E-state index in [1.54, 1.807) is 6.92 Å². The Morgan fingerprint density at radius 1 is 1.59 bits per heavy atom. The first-order chi connectivity index (χ1) is 8.17. The molecule has 0 spiro atoms. The van der Waals surface area contributed by atoms with Crippen LogP contribution in [0.1, 0.15) is 18.9 Å². The summed E-state index contributed by atoms with van der Waals surface area (Å²) in [5.41, 5.74) is 1.50. The molecule has 0 saturated heterocycles. The van der Waals surface area contributed by atoms with Crippen molar-refractivity contribution in [1.82, 2.24) is 0 Å². The molecule has 0 unspecified atom stereocenters. The topological polar surface area (TPSA) is 50.1 Å². The van der Waals surface area contributed by atoms with Crippen LogP contribution in [0.15, 0.2) is 34.8 Å². The molecule has 0 heterocycles. The van der Waals surface area contributed by atoms with Crippen molar-refractivity contribution in [2.45, 2.75) is 13.3 Å². The predicted octanol–water partition coefficient (Wildman–Crippen LogP) is 3.31. The Bertz CT molecular complexity index is 475. The second-order valence-corrected chi connectivity index (χ2v) is 4.21. The number of allylic oxidation sites excluding steroid dienone is 1. The molecule has 1 aromatic rings. The van der Waals surface area contributed by atoms with E-state index in [-0.39, 0.29) is 12.4 Å². The van der Waals surface area contributed by atoms with Gasteiger partial charge in [0.25, 0.3) is 0 Å². The van der Waals surface area contributed by atoms with E-state index < -0.39 is 0 Å². The molecule has 88 valence electrons. The lowest BCUT2D eigenvalue weighted by Crippen LogP contribution is -2.04. The third-order valence-corrected chi connectivity index (χ3v) is 2.57. The number of rotatable bonds is 4. The van der Waals surface area contributed by atoms with E-state index >= 15 is 0 Å². The van der Waals surface area contributed by atoms with Crippen LogP contribution in [0.2, 0.25) is 0 Å². The normalized spacial score (nSPS) is 10.8. The van der Waals surface area contributed by atoms with E-state index in [2.05, 4.69) is 15.9 Å². The van der Waals surface area contributed by atoms with Crippen molar-refractivity contribution >= 4 is 27.5 Å². The molecule has 1 rings (SSSR count). The second-order valence-electron chi connectivity index (χ2n) is 3.29. The third kappa shape index (κ3) is 4.41. The molecule has 0 aliphatic heterocycles. The summed E-state index contributed by atoms with van der Waals surface area (Å²) >= 11 is 3.35. The van der Waals surface area contributed by atoms with Crippen LogP contribution in [0, 0.1) is 11.3 Å². The van der Waals surface area contributed by atoms with Crippen molar-refractivity contribution in [1.29, 1.82) is 5.26 Å². The number of nitrogens with zero attached hydrogens (tertiary/aromatic N) is 1. The van der Waals surface area contributed by atoms with Crippen molar-refractivity contribution in [3.05, 3.63) is 40.4 Å². The summed E-state index contributed by atoms with van der Waals surface area (Å²) in [6, 6.07) is 9.41. The van der Waals surface area contributed by atoms with Crippen LogP contribution in [0.3, 0.4) is 0 Å². The highest BCUT2D eigenvalue weighted by molar-refractivity contribution is 9.10. The zero-order valence-electron chi connectivity index (χ0n) is 9.44. The van der Waals surface area contributed by atoms with Gasteiger partial charge in [-0.25, -0.2) is 0 Å². The van der Waals surface area contributed by atoms with Gasteiger partial charge < -0.3 is 4.74 Å². The number of carbonyl (C=O) groups is 1. The third-order valence-electron chi connectivity index (χ3n) is 2.07. The maximum atomic E-state index is 11.4. The van der Waals surface area contributed by atoms with Gasteiger partial charge in [0.05, 0.1) is 19.1 Å². The minimum absolute atomic E-state index is 0.109. The molecule has 0 aromatic heterocycles. The Morgan fingerprint density at radius 3 is 2.94 bits per heavy atom. The Hall–Kier alpha value is -1.60. The Labute approximate surface area is 109 Å². The number of ether oxygens (including phenoxy) is 1. The van der Waals surface area contributed by atoms with Gasteiger partial charge in [0, 0.05) is 10.5 Å². The molecule has 17 heavy (non-hydrogen) atoms. The molecule has 1 aromatic carbocycles. The second kappa shape index (κ2) is 6.87. The minimum atomic E-state index is -0.325. The predicted molar refractivity (Wildman–Crippen MR) is 69.0 cm³/mol. The lowest BCUT2D eigenvalue weighted by molar-refractivity contribution is -0.141. The van der Waals surface area contributed by atoms with Gasteiger partial charge in [-0.15, -0.1) is 0 Å². The molecule has 0 radical (unpaired) electrons. The molecule has 0 bridgehead atoms. The van der Waals surface area contributed by atoms with Crippen molar-refractivity contribution in [3.63, 3.8) is 0 Å². The van der Waals surface area contributed by atoms with E-state index in [1.165, 1.54) is 6.08 Å². The zero-order chi connectivity index (χ0) is 12.7. The van der Waals surface area contributed by atoms with E-state index in [0.29, 0.717) is 12.2 Å². The summed E-state index contributed by atoms with van der Waals surface area (Å²) < 4.78 is 5.77. The van der Waals surface area contributed by atoms with Gasteiger partial charge in [-0.2, -0.15) is 5.26 Å². The van der Waals surface area contributed by atoms with Gasteiger partial charge in [-0.1, -0.05) is 28.1 Å². The summed E-state index contributed by atoms with van der Waals surface area (Å²) in [5.74, 6) is -0.325. The molecule has 3 nitrogen and oxygen atoms in total. The highest BCUT2D eigenvalue weighted by Crippen LogP contribution is 2.22. The van der Waals surface area contributed by atoms with Gasteiger partial charge in [0.15, 0.2) is 0 Å². The number of nitriles is 1. The van der Waals surface area contributed by atoms with E-state index in [4.69, 9.17) is 10.00 Å². The molecular formula is C13H12BrNO2. The van der Waals surface area contributed by atoms with Crippen LogP contribution in [-0.2, 0) is 9.53 Å². The van der Waals surface area contributed by atoms with Crippen LogP contribution < -0.4 is 0 Å².